The Labute approximate surface area is 98.3 Å². The summed E-state index contributed by atoms with van der Waals surface area (Å²) >= 11 is 0. The molecular weight excluding hydrogens is 220 g/mol. The zero-order valence-electron chi connectivity index (χ0n) is 9.79. The number of nitrogen functional groups attached to an aromatic ring is 1. The minimum Gasteiger partial charge on any atom is -0.382 e. The lowest BCUT2D eigenvalue weighted by molar-refractivity contribution is -0.128. The molecule has 0 unspecified atom stereocenters. The molecule has 2 rings (SSSR count). The lowest BCUT2D eigenvalue weighted by atomic mass is 10.4. The fourth-order valence-electron chi connectivity index (χ4n) is 1.50. The van der Waals surface area contributed by atoms with E-state index in [1.807, 2.05) is 0 Å². The van der Waals surface area contributed by atoms with Gasteiger partial charge in [0.05, 0.1) is 6.33 Å². The highest BCUT2D eigenvalue weighted by atomic mass is 16.2. The smallest absolute Gasteiger partial charge is 0.223 e. The van der Waals surface area contributed by atoms with E-state index in [-0.39, 0.29) is 5.91 Å². The average molecular weight is 234 g/mol. The van der Waals surface area contributed by atoms with Crippen molar-refractivity contribution in [2.24, 2.45) is 0 Å². The number of nitrogens with two attached hydrogens (primary N) is 1. The van der Waals surface area contributed by atoms with Crippen LogP contribution in [-0.4, -0.2) is 44.4 Å². The molecule has 2 aromatic heterocycles. The first kappa shape index (κ1) is 11.3. The summed E-state index contributed by atoms with van der Waals surface area (Å²) in [6.07, 6.45) is 3.42. The summed E-state index contributed by atoms with van der Waals surface area (Å²) in [4.78, 5) is 25.1. The van der Waals surface area contributed by atoms with Crippen molar-refractivity contribution in [2.45, 2.75) is 13.0 Å². The summed E-state index contributed by atoms with van der Waals surface area (Å²) in [6.45, 7) is 0.532. The maximum absolute atomic E-state index is 11.5. The van der Waals surface area contributed by atoms with Crippen molar-refractivity contribution in [2.75, 3.05) is 19.8 Å². The second-order valence-corrected chi connectivity index (χ2v) is 3.91. The molecule has 0 bridgehead atoms. The normalized spacial score (nSPS) is 10.7. The van der Waals surface area contributed by atoms with Gasteiger partial charge < -0.3 is 15.2 Å². The number of fused-ring (bicyclic) bond motifs is 1. The molecule has 90 valence electrons. The Kier molecular flexibility index (Phi) is 2.90. The molecule has 0 aliphatic carbocycles. The van der Waals surface area contributed by atoms with Crippen LogP contribution in [0.3, 0.4) is 0 Å². The SMILES string of the molecule is CN(C)C(=O)CCn1cnc2c(N)ncnc21. The average Bonchev–Trinajstić information content (AvgIpc) is 2.70. The number of aryl methyl sites for hydroxylation is 1. The molecule has 0 saturated heterocycles. The van der Waals surface area contributed by atoms with Crippen molar-refractivity contribution in [3.8, 4) is 0 Å². The Morgan fingerprint density at radius 2 is 2.18 bits per heavy atom. The summed E-state index contributed by atoms with van der Waals surface area (Å²) in [5, 5.41) is 0. The minimum atomic E-state index is 0.0638. The van der Waals surface area contributed by atoms with E-state index >= 15 is 0 Å². The molecule has 7 heteroatoms. The summed E-state index contributed by atoms with van der Waals surface area (Å²) in [5.41, 5.74) is 6.90. The molecule has 2 N–H and O–H groups in total. The quantitative estimate of drug-likeness (QED) is 0.800. The van der Waals surface area contributed by atoms with Crippen molar-refractivity contribution in [1.29, 1.82) is 0 Å². The van der Waals surface area contributed by atoms with E-state index in [0.717, 1.165) is 0 Å². The number of rotatable bonds is 3. The largest absolute Gasteiger partial charge is 0.382 e. The standard InChI is InChI=1S/C10H14N6O/c1-15(2)7(17)3-4-16-6-14-8-9(11)12-5-13-10(8)16/h5-6H,3-4H2,1-2H3,(H2,11,12,13). The predicted molar refractivity (Wildman–Crippen MR) is 63.0 cm³/mol. The van der Waals surface area contributed by atoms with Gasteiger partial charge in [0.2, 0.25) is 5.91 Å². The third kappa shape index (κ3) is 2.17. The van der Waals surface area contributed by atoms with Crippen molar-refractivity contribution >= 4 is 22.9 Å². The zero-order chi connectivity index (χ0) is 12.4. The Hall–Kier alpha value is -2.18. The molecule has 0 saturated carbocycles. The first-order valence-electron chi connectivity index (χ1n) is 5.21. The van der Waals surface area contributed by atoms with Crippen molar-refractivity contribution in [1.82, 2.24) is 24.4 Å². The van der Waals surface area contributed by atoms with Gasteiger partial charge in [0.1, 0.15) is 11.8 Å². The first-order valence-corrected chi connectivity index (χ1v) is 5.21. The second-order valence-electron chi connectivity index (χ2n) is 3.91. The third-order valence-corrected chi connectivity index (χ3v) is 2.49. The van der Waals surface area contributed by atoms with Gasteiger partial charge >= 0.3 is 0 Å². The molecule has 0 aliphatic heterocycles. The highest BCUT2D eigenvalue weighted by Crippen LogP contribution is 2.14. The fraction of sp³-hybridized carbons (Fsp3) is 0.400. The maximum Gasteiger partial charge on any atom is 0.223 e. The van der Waals surface area contributed by atoms with E-state index in [1.165, 1.54) is 6.33 Å². The molecule has 0 atom stereocenters. The summed E-state index contributed by atoms with van der Waals surface area (Å²) in [7, 11) is 3.46. The number of anilines is 1. The fourth-order valence-corrected chi connectivity index (χ4v) is 1.50. The predicted octanol–water partition coefficient (Wildman–Crippen LogP) is -0.113. The number of hydrogen-bond acceptors (Lipinski definition) is 5. The van der Waals surface area contributed by atoms with Crippen LogP contribution >= 0.6 is 0 Å². The molecule has 0 spiro atoms. The van der Waals surface area contributed by atoms with Gasteiger partial charge in [-0.3, -0.25) is 4.79 Å². The molecular formula is C10H14N6O. The van der Waals surface area contributed by atoms with Gasteiger partial charge in [-0.1, -0.05) is 0 Å². The minimum absolute atomic E-state index is 0.0638. The molecule has 0 aliphatic rings. The van der Waals surface area contributed by atoms with Crippen LogP contribution in [0.2, 0.25) is 0 Å². The number of hydrogen-bond donors (Lipinski definition) is 1. The molecule has 2 heterocycles. The summed E-state index contributed by atoms with van der Waals surface area (Å²) in [6, 6.07) is 0. The van der Waals surface area contributed by atoms with Gasteiger partial charge in [-0.2, -0.15) is 0 Å². The number of nitrogens with zero attached hydrogens (tertiary/aromatic N) is 5. The molecule has 0 fully saturated rings. The van der Waals surface area contributed by atoms with Gasteiger partial charge in [0.25, 0.3) is 0 Å². The van der Waals surface area contributed by atoms with Gasteiger partial charge in [0, 0.05) is 27.1 Å². The van der Waals surface area contributed by atoms with E-state index in [2.05, 4.69) is 15.0 Å². The Morgan fingerprint density at radius 1 is 1.41 bits per heavy atom. The lowest BCUT2D eigenvalue weighted by Gasteiger charge is -2.10. The van der Waals surface area contributed by atoms with Crippen LogP contribution in [0.5, 0.6) is 0 Å². The van der Waals surface area contributed by atoms with Crippen LogP contribution in [0.15, 0.2) is 12.7 Å². The molecule has 0 radical (unpaired) electrons. The molecule has 7 nitrogen and oxygen atoms in total. The molecule has 17 heavy (non-hydrogen) atoms. The Bertz CT molecular complexity index is 547. The summed E-state index contributed by atoms with van der Waals surface area (Å²) in [5.74, 6) is 0.418. The molecule has 2 aromatic rings. The van der Waals surface area contributed by atoms with Gasteiger partial charge in [-0.15, -0.1) is 0 Å². The number of carbonyl (C=O) groups is 1. The van der Waals surface area contributed by atoms with Crippen molar-refractivity contribution < 1.29 is 4.79 Å². The highest BCUT2D eigenvalue weighted by molar-refractivity contribution is 5.81. The van der Waals surface area contributed by atoms with Crippen LogP contribution in [0, 0.1) is 0 Å². The van der Waals surface area contributed by atoms with Gasteiger partial charge in [-0.05, 0) is 0 Å². The van der Waals surface area contributed by atoms with Crippen LogP contribution in [0.4, 0.5) is 5.82 Å². The molecule has 1 amide bonds. The zero-order valence-corrected chi connectivity index (χ0v) is 9.79. The highest BCUT2D eigenvalue weighted by Gasteiger charge is 2.09. The van der Waals surface area contributed by atoms with Crippen LogP contribution in [0.1, 0.15) is 6.42 Å². The van der Waals surface area contributed by atoms with Crippen LogP contribution < -0.4 is 5.73 Å². The monoisotopic (exact) mass is 234 g/mol. The van der Waals surface area contributed by atoms with E-state index in [1.54, 1.807) is 29.9 Å². The number of aromatic nitrogens is 4. The summed E-state index contributed by atoms with van der Waals surface area (Å²) < 4.78 is 1.80. The Morgan fingerprint density at radius 3 is 2.88 bits per heavy atom. The van der Waals surface area contributed by atoms with E-state index in [0.29, 0.717) is 29.9 Å². The number of amides is 1. The lowest BCUT2D eigenvalue weighted by Crippen LogP contribution is -2.22. The van der Waals surface area contributed by atoms with E-state index < -0.39 is 0 Å². The second kappa shape index (κ2) is 4.36. The third-order valence-electron chi connectivity index (χ3n) is 2.49. The number of carbonyl (C=O) groups excluding carboxylic acids is 1. The topological polar surface area (TPSA) is 89.9 Å². The van der Waals surface area contributed by atoms with E-state index in [4.69, 9.17) is 5.73 Å². The molecule has 0 aromatic carbocycles. The maximum atomic E-state index is 11.5. The van der Waals surface area contributed by atoms with Crippen LogP contribution in [0.25, 0.3) is 11.2 Å². The van der Waals surface area contributed by atoms with E-state index in [9.17, 15) is 4.79 Å². The Balaban J connectivity index is 2.20. The number of imidazole rings is 1. The van der Waals surface area contributed by atoms with Gasteiger partial charge in [0.15, 0.2) is 11.5 Å². The van der Waals surface area contributed by atoms with Gasteiger partial charge in [-0.25, -0.2) is 15.0 Å². The van der Waals surface area contributed by atoms with Crippen molar-refractivity contribution in [3.05, 3.63) is 12.7 Å². The van der Waals surface area contributed by atoms with Crippen LogP contribution in [-0.2, 0) is 11.3 Å². The van der Waals surface area contributed by atoms with Crippen molar-refractivity contribution in [3.63, 3.8) is 0 Å². The first-order chi connectivity index (χ1) is 8.09.